The van der Waals surface area contributed by atoms with E-state index in [4.69, 9.17) is 4.74 Å². The van der Waals surface area contributed by atoms with Gasteiger partial charge in [0.15, 0.2) is 0 Å². The topological polar surface area (TPSA) is 51.2 Å². The summed E-state index contributed by atoms with van der Waals surface area (Å²) in [6.45, 7) is 0.766. The first-order valence-corrected chi connectivity index (χ1v) is 8.92. The minimum atomic E-state index is -0.696. The normalized spacial score (nSPS) is 14.8. The van der Waals surface area contributed by atoms with Crippen LogP contribution in [-0.2, 0) is 6.61 Å². The zero-order valence-corrected chi connectivity index (χ0v) is 14.5. The molecule has 0 spiro atoms. The Morgan fingerprint density at radius 3 is 2.50 bits per heavy atom. The molecule has 0 atom stereocenters. The number of carbonyl (C=O) groups excluding carboxylic acids is 1. The maximum atomic E-state index is 13.1. The van der Waals surface area contributed by atoms with Gasteiger partial charge in [-0.1, -0.05) is 19.3 Å². The zero-order chi connectivity index (χ0) is 18.4. The number of nitrogens with zero attached hydrogens (tertiary/aromatic N) is 1. The van der Waals surface area contributed by atoms with Gasteiger partial charge in [-0.3, -0.25) is 9.78 Å². The zero-order valence-electron chi connectivity index (χ0n) is 14.5. The molecule has 1 aliphatic carbocycles. The lowest BCUT2D eigenvalue weighted by Gasteiger charge is -2.21. The van der Waals surface area contributed by atoms with E-state index in [9.17, 15) is 13.6 Å². The van der Waals surface area contributed by atoms with Crippen molar-refractivity contribution in [2.45, 2.75) is 38.7 Å². The first-order chi connectivity index (χ1) is 12.6. The minimum Gasteiger partial charge on any atom is -0.487 e. The van der Waals surface area contributed by atoms with Crippen LogP contribution in [0.5, 0.6) is 5.75 Å². The molecule has 1 aromatic carbocycles. The molecule has 0 unspecified atom stereocenters. The molecule has 0 radical (unpaired) electrons. The van der Waals surface area contributed by atoms with Crippen molar-refractivity contribution in [3.05, 3.63) is 59.4 Å². The van der Waals surface area contributed by atoms with Gasteiger partial charge < -0.3 is 10.1 Å². The molecule has 1 fully saturated rings. The third-order valence-electron chi connectivity index (χ3n) is 4.59. The predicted molar refractivity (Wildman–Crippen MR) is 93.8 cm³/mol. The molecule has 0 saturated heterocycles. The summed E-state index contributed by atoms with van der Waals surface area (Å²) in [7, 11) is 0. The van der Waals surface area contributed by atoms with Crippen molar-refractivity contribution in [1.29, 1.82) is 0 Å². The largest absolute Gasteiger partial charge is 0.487 e. The van der Waals surface area contributed by atoms with Crippen LogP contribution in [0.4, 0.5) is 8.78 Å². The molecule has 2 aromatic rings. The lowest BCUT2D eigenvalue weighted by Crippen LogP contribution is -2.30. The van der Waals surface area contributed by atoms with Gasteiger partial charge in [-0.2, -0.15) is 0 Å². The van der Waals surface area contributed by atoms with E-state index >= 15 is 0 Å². The molecule has 0 aliphatic heterocycles. The van der Waals surface area contributed by atoms with E-state index in [1.54, 1.807) is 12.1 Å². The van der Waals surface area contributed by atoms with E-state index in [1.807, 2.05) is 0 Å². The van der Waals surface area contributed by atoms with E-state index in [0.29, 0.717) is 23.7 Å². The molecule has 1 N–H and O–H groups in total. The number of halogens is 2. The van der Waals surface area contributed by atoms with Gasteiger partial charge in [-0.15, -0.1) is 0 Å². The molecule has 0 bridgehead atoms. The summed E-state index contributed by atoms with van der Waals surface area (Å²) in [5, 5.41) is 2.96. The highest BCUT2D eigenvalue weighted by Gasteiger charge is 2.15. The third-order valence-corrected chi connectivity index (χ3v) is 4.59. The second-order valence-electron chi connectivity index (χ2n) is 6.65. The van der Waals surface area contributed by atoms with Crippen LogP contribution >= 0.6 is 0 Å². The average molecular weight is 360 g/mol. The Labute approximate surface area is 151 Å². The predicted octanol–water partition coefficient (Wildman–Crippen LogP) is 4.25. The number of rotatable bonds is 6. The number of carbonyl (C=O) groups is 1. The maximum absolute atomic E-state index is 13.1. The van der Waals surface area contributed by atoms with Gasteiger partial charge >= 0.3 is 0 Å². The molecule has 6 heteroatoms. The van der Waals surface area contributed by atoms with Gasteiger partial charge in [0.05, 0.1) is 11.3 Å². The van der Waals surface area contributed by atoms with Crippen LogP contribution in [0.2, 0.25) is 0 Å². The van der Waals surface area contributed by atoms with E-state index < -0.39 is 11.6 Å². The fourth-order valence-electron chi connectivity index (χ4n) is 3.14. The van der Waals surface area contributed by atoms with Crippen molar-refractivity contribution in [2.75, 3.05) is 6.54 Å². The summed E-state index contributed by atoms with van der Waals surface area (Å²) in [4.78, 5) is 16.4. The van der Waals surface area contributed by atoms with Crippen LogP contribution in [0.15, 0.2) is 36.5 Å². The third kappa shape index (κ3) is 5.25. The number of benzene rings is 1. The highest BCUT2D eigenvalue weighted by Crippen LogP contribution is 2.22. The average Bonchev–Trinajstić information content (AvgIpc) is 2.65. The first kappa shape index (κ1) is 18.3. The van der Waals surface area contributed by atoms with Crippen LogP contribution < -0.4 is 10.1 Å². The van der Waals surface area contributed by atoms with Crippen molar-refractivity contribution >= 4 is 5.91 Å². The molecule has 138 valence electrons. The Morgan fingerprint density at radius 1 is 1.12 bits per heavy atom. The second-order valence-corrected chi connectivity index (χ2v) is 6.65. The summed E-state index contributed by atoms with van der Waals surface area (Å²) >= 11 is 0. The molecule has 26 heavy (non-hydrogen) atoms. The summed E-state index contributed by atoms with van der Waals surface area (Å²) < 4.78 is 31.6. The van der Waals surface area contributed by atoms with Gasteiger partial charge in [0.1, 0.15) is 24.0 Å². The molecular weight excluding hydrogens is 338 g/mol. The monoisotopic (exact) mass is 360 g/mol. The number of nitrogens with one attached hydrogen (secondary N) is 1. The van der Waals surface area contributed by atoms with Gasteiger partial charge in [-0.05, 0) is 30.9 Å². The summed E-state index contributed by atoms with van der Waals surface area (Å²) in [5.41, 5.74) is 1.06. The van der Waals surface area contributed by atoms with Crippen LogP contribution in [0.1, 0.15) is 48.2 Å². The molecule has 3 rings (SSSR count). The Balaban J connectivity index is 1.50. The number of ether oxygens (including phenoxy) is 1. The highest BCUT2D eigenvalue weighted by atomic mass is 19.1. The van der Waals surface area contributed by atoms with Crippen LogP contribution in [-0.4, -0.2) is 17.4 Å². The number of aromatic nitrogens is 1. The summed E-state index contributed by atoms with van der Waals surface area (Å²) in [6, 6.07) is 6.34. The lowest BCUT2D eigenvalue weighted by atomic mass is 9.89. The van der Waals surface area contributed by atoms with Crippen molar-refractivity contribution < 1.29 is 18.3 Å². The smallest absolute Gasteiger partial charge is 0.252 e. The summed E-state index contributed by atoms with van der Waals surface area (Å²) in [5.74, 6) is -0.864. The Hall–Kier alpha value is -2.50. The maximum Gasteiger partial charge on any atom is 0.252 e. The van der Waals surface area contributed by atoms with E-state index in [-0.39, 0.29) is 18.3 Å². The van der Waals surface area contributed by atoms with Crippen LogP contribution in [0.3, 0.4) is 0 Å². The molecule has 4 nitrogen and oxygen atoms in total. The van der Waals surface area contributed by atoms with E-state index in [2.05, 4.69) is 10.3 Å². The van der Waals surface area contributed by atoms with Crippen molar-refractivity contribution in [3.8, 4) is 5.75 Å². The fourth-order valence-corrected chi connectivity index (χ4v) is 3.14. The molecule has 1 aliphatic rings. The van der Waals surface area contributed by atoms with Gasteiger partial charge in [0, 0.05) is 30.9 Å². The van der Waals surface area contributed by atoms with Gasteiger partial charge in [0.25, 0.3) is 5.91 Å². The Bertz CT molecular complexity index is 724. The fraction of sp³-hybridized carbons (Fsp3) is 0.400. The Kier molecular flexibility index (Phi) is 6.15. The van der Waals surface area contributed by atoms with Gasteiger partial charge in [-0.25, -0.2) is 8.78 Å². The second kappa shape index (κ2) is 8.74. The SMILES string of the molecule is O=C(NCC1CCCCC1)c1ccc(COc2cc(F)cc(F)c2)nc1. The lowest BCUT2D eigenvalue weighted by molar-refractivity contribution is 0.0943. The van der Waals surface area contributed by atoms with Crippen molar-refractivity contribution in [1.82, 2.24) is 10.3 Å². The van der Waals surface area contributed by atoms with Crippen LogP contribution in [0, 0.1) is 17.6 Å². The standard InChI is InChI=1S/C20H22F2N2O2/c21-16-8-17(22)10-19(9-16)26-13-18-7-6-15(12-23-18)20(25)24-11-14-4-2-1-3-5-14/h6-10,12,14H,1-5,11,13H2,(H,24,25). The number of hydrogen-bond acceptors (Lipinski definition) is 3. The molecular formula is C20H22F2N2O2. The quantitative estimate of drug-likeness (QED) is 0.838. The van der Waals surface area contributed by atoms with E-state index in [1.165, 1.54) is 38.3 Å². The van der Waals surface area contributed by atoms with E-state index in [0.717, 1.165) is 18.2 Å². The van der Waals surface area contributed by atoms with Crippen molar-refractivity contribution in [3.63, 3.8) is 0 Å². The Morgan fingerprint density at radius 2 is 1.85 bits per heavy atom. The number of pyridine rings is 1. The first-order valence-electron chi connectivity index (χ1n) is 8.92. The number of hydrogen-bond donors (Lipinski definition) is 1. The van der Waals surface area contributed by atoms with Crippen LogP contribution in [0.25, 0.3) is 0 Å². The molecule has 1 aromatic heterocycles. The minimum absolute atomic E-state index is 0.0624. The van der Waals surface area contributed by atoms with Crippen molar-refractivity contribution in [2.24, 2.45) is 5.92 Å². The summed E-state index contributed by atoms with van der Waals surface area (Å²) in [6.07, 6.45) is 7.62. The highest BCUT2D eigenvalue weighted by molar-refractivity contribution is 5.93. The molecule has 1 amide bonds. The number of amides is 1. The van der Waals surface area contributed by atoms with Gasteiger partial charge in [0.2, 0.25) is 0 Å². The molecule has 1 saturated carbocycles. The molecule has 1 heterocycles.